The molecule has 0 amide bonds. The van der Waals surface area contributed by atoms with Crippen molar-refractivity contribution in [3.63, 3.8) is 0 Å². The van der Waals surface area contributed by atoms with Crippen molar-refractivity contribution < 1.29 is 12.3 Å². The van der Waals surface area contributed by atoms with E-state index < -0.39 is 25.7 Å². The van der Waals surface area contributed by atoms with Crippen molar-refractivity contribution in [3.05, 3.63) is 38.0 Å². The summed E-state index contributed by atoms with van der Waals surface area (Å²) in [5, 5.41) is 0. The zero-order valence-corrected chi connectivity index (χ0v) is 21.1. The van der Waals surface area contributed by atoms with Crippen molar-refractivity contribution in [1.29, 1.82) is 0 Å². The minimum Gasteiger partial charge on any atom is -0.415 e. The molecule has 1 fully saturated rings. The molecular formula is C21H42O3Si3. The van der Waals surface area contributed by atoms with E-state index in [9.17, 15) is 0 Å². The third-order valence-corrected chi connectivity index (χ3v) is 20.2. The van der Waals surface area contributed by atoms with E-state index in [-0.39, 0.29) is 0 Å². The highest BCUT2D eigenvalue weighted by molar-refractivity contribution is 6.95. The average molecular weight is 427 g/mol. The minimum absolute atomic E-state index is 0.867. The fraction of sp³-hybridized carbons (Fsp3) is 0.714. The lowest BCUT2D eigenvalue weighted by Gasteiger charge is -2.53. The van der Waals surface area contributed by atoms with E-state index in [1.807, 2.05) is 18.2 Å². The molecule has 0 atom stereocenters. The lowest BCUT2D eigenvalue weighted by molar-refractivity contribution is 0.211. The molecule has 1 aliphatic rings. The van der Waals surface area contributed by atoms with Crippen LogP contribution < -0.4 is 0 Å². The summed E-state index contributed by atoms with van der Waals surface area (Å²) in [5.41, 5.74) is 0. The van der Waals surface area contributed by atoms with E-state index in [4.69, 9.17) is 12.3 Å². The van der Waals surface area contributed by atoms with Crippen LogP contribution in [-0.2, 0) is 12.3 Å². The summed E-state index contributed by atoms with van der Waals surface area (Å²) >= 11 is 0. The molecule has 0 unspecified atom stereocenters. The predicted octanol–water partition coefficient (Wildman–Crippen LogP) is 7.33. The van der Waals surface area contributed by atoms with Crippen molar-refractivity contribution in [2.24, 2.45) is 0 Å². The number of rotatable bonds is 15. The highest BCUT2D eigenvalue weighted by Crippen LogP contribution is 2.44. The van der Waals surface area contributed by atoms with Gasteiger partial charge >= 0.3 is 25.7 Å². The Morgan fingerprint density at radius 3 is 1.00 bits per heavy atom. The Hall–Kier alpha value is -0.249. The molecule has 6 heteroatoms. The molecule has 0 aromatic heterocycles. The van der Waals surface area contributed by atoms with Gasteiger partial charge in [-0.1, -0.05) is 77.5 Å². The first-order chi connectivity index (χ1) is 13.0. The molecule has 1 saturated heterocycles. The Kier molecular flexibility index (Phi) is 11.3. The molecular weight excluding hydrogens is 384 g/mol. The highest BCUT2D eigenvalue weighted by Gasteiger charge is 2.60. The maximum absolute atomic E-state index is 7.02. The van der Waals surface area contributed by atoms with Crippen LogP contribution in [0.2, 0.25) is 36.3 Å². The van der Waals surface area contributed by atoms with Gasteiger partial charge in [0.2, 0.25) is 0 Å². The molecule has 0 N–H and O–H groups in total. The second-order valence-corrected chi connectivity index (χ2v) is 18.5. The molecule has 156 valence electrons. The van der Waals surface area contributed by atoms with E-state index >= 15 is 0 Å². The number of hydrogen-bond donors (Lipinski definition) is 0. The van der Waals surface area contributed by atoms with Gasteiger partial charge in [0.1, 0.15) is 0 Å². The maximum atomic E-state index is 7.02. The molecule has 0 aliphatic carbocycles. The minimum atomic E-state index is -2.36. The molecule has 3 nitrogen and oxygen atoms in total. The fourth-order valence-electron chi connectivity index (χ4n) is 3.94. The second kappa shape index (κ2) is 12.3. The third kappa shape index (κ3) is 7.25. The van der Waals surface area contributed by atoms with Crippen molar-refractivity contribution in [3.8, 4) is 0 Å². The smallest absolute Gasteiger partial charge is 0.324 e. The largest absolute Gasteiger partial charge is 0.415 e. The summed E-state index contributed by atoms with van der Waals surface area (Å²) in [6.07, 6.45) is 13.0. The van der Waals surface area contributed by atoms with Crippen LogP contribution in [0.1, 0.15) is 59.3 Å². The molecule has 0 aromatic rings. The molecule has 1 heterocycles. The molecule has 0 saturated carbocycles. The Morgan fingerprint density at radius 2 is 0.815 bits per heavy atom. The van der Waals surface area contributed by atoms with E-state index in [1.165, 1.54) is 0 Å². The Balaban J connectivity index is 3.37. The Morgan fingerprint density at radius 1 is 0.556 bits per heavy atom. The predicted molar refractivity (Wildman–Crippen MR) is 125 cm³/mol. The van der Waals surface area contributed by atoms with Gasteiger partial charge in [-0.2, -0.15) is 0 Å². The van der Waals surface area contributed by atoms with Crippen molar-refractivity contribution >= 4 is 25.7 Å². The second-order valence-electron chi connectivity index (χ2n) is 7.83. The van der Waals surface area contributed by atoms with Crippen LogP contribution in [-0.4, -0.2) is 25.7 Å². The van der Waals surface area contributed by atoms with Gasteiger partial charge in [-0.05, 0) is 18.1 Å². The van der Waals surface area contributed by atoms with Crippen LogP contribution in [0.4, 0.5) is 0 Å². The van der Waals surface area contributed by atoms with Gasteiger partial charge in [0.15, 0.2) is 0 Å². The zero-order chi connectivity index (χ0) is 20.2. The van der Waals surface area contributed by atoms with E-state index in [0.717, 1.165) is 74.8 Å². The van der Waals surface area contributed by atoms with Crippen LogP contribution in [0, 0.1) is 0 Å². The summed E-state index contributed by atoms with van der Waals surface area (Å²) in [4.78, 5) is 0. The summed E-state index contributed by atoms with van der Waals surface area (Å²) in [5.74, 6) is 0. The summed E-state index contributed by atoms with van der Waals surface area (Å²) in [7, 11) is -7.09. The zero-order valence-electron chi connectivity index (χ0n) is 18.1. The van der Waals surface area contributed by atoms with Crippen molar-refractivity contribution in [2.45, 2.75) is 95.6 Å². The van der Waals surface area contributed by atoms with E-state index in [1.54, 1.807) is 0 Å². The Labute approximate surface area is 171 Å². The van der Waals surface area contributed by atoms with Gasteiger partial charge in [0.25, 0.3) is 0 Å². The molecule has 0 radical (unpaired) electrons. The van der Waals surface area contributed by atoms with Gasteiger partial charge in [-0.15, -0.1) is 19.7 Å². The molecule has 0 spiro atoms. The van der Waals surface area contributed by atoms with Crippen LogP contribution >= 0.6 is 0 Å². The van der Waals surface area contributed by atoms with Gasteiger partial charge in [-0.25, -0.2) is 0 Å². The van der Waals surface area contributed by atoms with E-state index in [2.05, 4.69) is 40.5 Å². The normalized spacial score (nSPS) is 30.8. The average Bonchev–Trinajstić information content (AvgIpc) is 2.64. The quantitative estimate of drug-likeness (QED) is 0.202. The standard InChI is InChI=1S/C21H42O3Si3/c1-7-13-19-25(16-10-4)22-26(17-11-5,20-14-8-2)24-27(23-25,18-12-6)21-15-9-3/h10-12H,4-9,13-21H2,1-3H3. The van der Waals surface area contributed by atoms with Gasteiger partial charge < -0.3 is 12.3 Å². The lowest BCUT2D eigenvalue weighted by atomic mass is 10.4. The SMILES string of the molecule is C=CC[Si]1(CCCC)O[Si](CC=C)(CCCC)O[Si](CC=C)(CCCC)O1. The van der Waals surface area contributed by atoms with E-state index in [0.29, 0.717) is 0 Å². The van der Waals surface area contributed by atoms with Crippen molar-refractivity contribution in [1.82, 2.24) is 0 Å². The Bertz CT molecular complexity index is 395. The topological polar surface area (TPSA) is 27.7 Å². The molecule has 0 aromatic carbocycles. The monoisotopic (exact) mass is 426 g/mol. The van der Waals surface area contributed by atoms with Crippen molar-refractivity contribution in [2.75, 3.05) is 0 Å². The third-order valence-electron chi connectivity index (χ3n) is 5.22. The molecule has 0 bridgehead atoms. The first kappa shape index (κ1) is 24.8. The van der Waals surface area contributed by atoms with Gasteiger partial charge in [0.05, 0.1) is 0 Å². The molecule has 27 heavy (non-hydrogen) atoms. The van der Waals surface area contributed by atoms with Crippen LogP contribution in [0.25, 0.3) is 0 Å². The first-order valence-electron chi connectivity index (χ1n) is 10.9. The number of hydrogen-bond acceptors (Lipinski definition) is 3. The van der Waals surface area contributed by atoms with Crippen LogP contribution in [0.15, 0.2) is 38.0 Å². The van der Waals surface area contributed by atoms with Crippen LogP contribution in [0.3, 0.4) is 0 Å². The number of allylic oxidation sites excluding steroid dienone is 3. The maximum Gasteiger partial charge on any atom is 0.324 e. The van der Waals surface area contributed by atoms with Crippen LogP contribution in [0.5, 0.6) is 0 Å². The molecule has 1 aliphatic heterocycles. The first-order valence-corrected chi connectivity index (χ1v) is 17.6. The van der Waals surface area contributed by atoms with Gasteiger partial charge in [-0.3, -0.25) is 0 Å². The van der Waals surface area contributed by atoms with Gasteiger partial charge in [0, 0.05) is 18.1 Å². The summed E-state index contributed by atoms with van der Waals surface area (Å²) < 4.78 is 21.1. The summed E-state index contributed by atoms with van der Waals surface area (Å²) in [6.45, 7) is 18.9. The lowest BCUT2D eigenvalue weighted by Crippen LogP contribution is -2.69. The number of unbranched alkanes of at least 4 members (excludes halogenated alkanes) is 3. The fourth-order valence-corrected chi connectivity index (χ4v) is 22.8. The molecule has 1 rings (SSSR count). The summed E-state index contributed by atoms with van der Waals surface area (Å²) in [6, 6.07) is 5.75. The highest BCUT2D eigenvalue weighted by atomic mass is 28.5.